The van der Waals surface area contributed by atoms with Crippen LogP contribution in [0.25, 0.3) is 0 Å². The van der Waals surface area contributed by atoms with E-state index in [0.29, 0.717) is 23.4 Å². The average molecular weight is 402 g/mol. The van der Waals surface area contributed by atoms with Crippen LogP contribution in [0.1, 0.15) is 66.7 Å². The van der Waals surface area contributed by atoms with Crippen LogP contribution in [0.15, 0.2) is 18.2 Å². The zero-order valence-corrected chi connectivity index (χ0v) is 17.3. The minimum Gasteiger partial charge on any atom is -0.384 e. The highest BCUT2D eigenvalue weighted by Gasteiger charge is 2.45. The molecule has 0 saturated carbocycles. The van der Waals surface area contributed by atoms with Crippen LogP contribution in [0.3, 0.4) is 0 Å². The van der Waals surface area contributed by atoms with Gasteiger partial charge in [-0.1, -0.05) is 26.3 Å². The second kappa shape index (κ2) is 10.7. The molecule has 2 aliphatic rings. The summed E-state index contributed by atoms with van der Waals surface area (Å²) in [6.07, 6.45) is 3.35. The number of unbranched alkanes of at least 4 members (excludes halogenated alkanes) is 2. The molecule has 2 heterocycles. The zero-order valence-electron chi connectivity index (χ0n) is 17.3. The summed E-state index contributed by atoms with van der Waals surface area (Å²) in [5.74, 6) is -1.95. The Kier molecular flexibility index (Phi) is 8.33. The highest BCUT2D eigenvalue weighted by molar-refractivity contribution is 6.25. The number of carbonyl (C=O) groups excluding carboxylic acids is 4. The lowest BCUT2D eigenvalue weighted by atomic mass is 10.0. The van der Waals surface area contributed by atoms with E-state index in [2.05, 4.69) is 16.0 Å². The van der Waals surface area contributed by atoms with Crippen LogP contribution >= 0.6 is 0 Å². The van der Waals surface area contributed by atoms with E-state index in [9.17, 15) is 19.2 Å². The highest BCUT2D eigenvalue weighted by Crippen LogP contribution is 2.32. The molecule has 0 aromatic heterocycles. The van der Waals surface area contributed by atoms with E-state index >= 15 is 0 Å². The molecule has 1 fully saturated rings. The number of piperidine rings is 1. The number of nitrogens with one attached hydrogen (secondary N) is 3. The van der Waals surface area contributed by atoms with Gasteiger partial charge in [0, 0.05) is 18.7 Å². The molecular weight excluding hydrogens is 372 g/mol. The van der Waals surface area contributed by atoms with Crippen molar-refractivity contribution in [3.8, 4) is 0 Å². The highest BCUT2D eigenvalue weighted by atomic mass is 16.2. The van der Waals surface area contributed by atoms with Gasteiger partial charge >= 0.3 is 0 Å². The van der Waals surface area contributed by atoms with Gasteiger partial charge in [-0.2, -0.15) is 0 Å². The van der Waals surface area contributed by atoms with Crippen LogP contribution in [0.5, 0.6) is 0 Å². The van der Waals surface area contributed by atoms with Gasteiger partial charge in [-0.3, -0.25) is 29.4 Å². The van der Waals surface area contributed by atoms with Crippen LogP contribution in [0.2, 0.25) is 0 Å². The Morgan fingerprint density at radius 3 is 2.45 bits per heavy atom. The number of benzene rings is 1. The van der Waals surface area contributed by atoms with Gasteiger partial charge in [-0.25, -0.2) is 0 Å². The number of carbonyl (C=O) groups is 4. The Bertz CT molecular complexity index is 778. The number of rotatable bonds is 8. The van der Waals surface area contributed by atoms with E-state index in [-0.39, 0.29) is 18.7 Å². The van der Waals surface area contributed by atoms with E-state index in [1.54, 1.807) is 18.2 Å². The van der Waals surface area contributed by atoms with E-state index in [1.807, 2.05) is 20.9 Å². The fraction of sp³-hybridized carbons (Fsp3) is 0.524. The molecule has 2 aliphatic heterocycles. The quantitative estimate of drug-likeness (QED) is 0.453. The van der Waals surface area contributed by atoms with Gasteiger partial charge in [-0.05, 0) is 45.0 Å². The number of hydrogen-bond acceptors (Lipinski definition) is 6. The summed E-state index contributed by atoms with van der Waals surface area (Å²) in [5, 5.41) is 8.54. The molecule has 0 aliphatic carbocycles. The molecule has 1 unspecified atom stereocenters. The molecule has 8 nitrogen and oxygen atoms in total. The Hall–Kier alpha value is -2.74. The van der Waals surface area contributed by atoms with Crippen LogP contribution in [-0.4, -0.2) is 54.7 Å². The molecule has 1 saturated heterocycles. The molecule has 8 heteroatoms. The van der Waals surface area contributed by atoms with Gasteiger partial charge in [0.1, 0.15) is 6.04 Å². The van der Waals surface area contributed by atoms with Crippen LogP contribution in [0.4, 0.5) is 5.69 Å². The Labute approximate surface area is 171 Å². The topological polar surface area (TPSA) is 108 Å². The van der Waals surface area contributed by atoms with Crippen molar-refractivity contribution in [1.82, 2.24) is 15.5 Å². The second-order valence-corrected chi connectivity index (χ2v) is 6.77. The SMILES string of the molecule is CC.CNCCCCCNc1cccc2c1C(=O)N(C1CCC(=O)NC1=O)C2=O. The summed E-state index contributed by atoms with van der Waals surface area (Å²) in [4.78, 5) is 50.1. The Morgan fingerprint density at radius 1 is 1.03 bits per heavy atom. The minimum absolute atomic E-state index is 0.113. The fourth-order valence-electron chi connectivity index (χ4n) is 3.49. The molecule has 3 rings (SSSR count). The van der Waals surface area contributed by atoms with Crippen LogP contribution in [0, 0.1) is 0 Å². The summed E-state index contributed by atoms with van der Waals surface area (Å²) in [6.45, 7) is 5.66. The molecule has 4 amide bonds. The number of anilines is 1. The average Bonchev–Trinajstić information content (AvgIpc) is 2.98. The summed E-state index contributed by atoms with van der Waals surface area (Å²) in [6, 6.07) is 4.15. The van der Waals surface area contributed by atoms with Crippen LogP contribution < -0.4 is 16.0 Å². The van der Waals surface area contributed by atoms with E-state index < -0.39 is 23.8 Å². The summed E-state index contributed by atoms with van der Waals surface area (Å²) in [5.41, 5.74) is 1.21. The molecule has 1 aromatic rings. The maximum absolute atomic E-state index is 12.9. The first kappa shape index (κ1) is 22.5. The van der Waals surface area contributed by atoms with Gasteiger partial charge in [0.05, 0.1) is 11.1 Å². The predicted molar refractivity (Wildman–Crippen MR) is 111 cm³/mol. The summed E-state index contributed by atoms with van der Waals surface area (Å²) in [7, 11) is 1.92. The lowest BCUT2D eigenvalue weighted by molar-refractivity contribution is -0.136. The van der Waals surface area contributed by atoms with E-state index in [4.69, 9.17) is 0 Å². The predicted octanol–water partition coefficient (Wildman–Crippen LogP) is 1.92. The van der Waals surface area contributed by atoms with Gasteiger partial charge in [0.15, 0.2) is 0 Å². The van der Waals surface area contributed by atoms with Gasteiger partial charge < -0.3 is 10.6 Å². The smallest absolute Gasteiger partial charge is 0.264 e. The van der Waals surface area contributed by atoms with E-state index in [0.717, 1.165) is 30.7 Å². The van der Waals surface area contributed by atoms with E-state index in [1.165, 1.54) is 0 Å². The molecule has 1 atom stereocenters. The molecule has 0 spiro atoms. The van der Waals surface area contributed by atoms with Crippen molar-refractivity contribution in [1.29, 1.82) is 0 Å². The minimum atomic E-state index is -0.940. The molecule has 0 radical (unpaired) electrons. The van der Waals surface area contributed by atoms with Crippen molar-refractivity contribution in [3.63, 3.8) is 0 Å². The lowest BCUT2D eigenvalue weighted by Crippen LogP contribution is -2.54. The first-order valence-electron chi connectivity index (χ1n) is 10.3. The first-order valence-corrected chi connectivity index (χ1v) is 10.3. The third-order valence-corrected chi connectivity index (χ3v) is 4.89. The van der Waals surface area contributed by atoms with Crippen molar-refractivity contribution < 1.29 is 19.2 Å². The molecule has 3 N–H and O–H groups in total. The van der Waals surface area contributed by atoms with Crippen LogP contribution in [-0.2, 0) is 9.59 Å². The van der Waals surface area contributed by atoms with Gasteiger partial charge in [0.2, 0.25) is 11.8 Å². The second-order valence-electron chi connectivity index (χ2n) is 6.77. The number of amides is 4. The van der Waals surface area contributed by atoms with Crippen molar-refractivity contribution in [2.24, 2.45) is 0 Å². The van der Waals surface area contributed by atoms with Crippen molar-refractivity contribution in [2.45, 2.75) is 52.0 Å². The molecule has 0 bridgehead atoms. The summed E-state index contributed by atoms with van der Waals surface area (Å²) >= 11 is 0. The molecular formula is C21H30N4O4. The molecule has 158 valence electrons. The maximum Gasteiger partial charge on any atom is 0.264 e. The zero-order chi connectivity index (χ0) is 21.4. The summed E-state index contributed by atoms with van der Waals surface area (Å²) < 4.78 is 0. The van der Waals surface area contributed by atoms with Gasteiger partial charge in [-0.15, -0.1) is 0 Å². The third kappa shape index (κ3) is 5.00. The van der Waals surface area contributed by atoms with Gasteiger partial charge in [0.25, 0.3) is 11.8 Å². The van der Waals surface area contributed by atoms with Crippen molar-refractivity contribution in [3.05, 3.63) is 29.3 Å². The number of nitrogens with zero attached hydrogens (tertiary/aromatic N) is 1. The maximum atomic E-state index is 12.9. The third-order valence-electron chi connectivity index (χ3n) is 4.89. The monoisotopic (exact) mass is 402 g/mol. The number of imide groups is 2. The molecule has 29 heavy (non-hydrogen) atoms. The standard InChI is InChI=1S/C19H24N4O4.C2H6/c1-20-10-3-2-4-11-21-13-7-5-6-12-16(13)19(27)23(18(12)26)14-8-9-15(24)22-17(14)25;1-2/h5-7,14,20-21H,2-4,8-11H2,1H3,(H,22,24,25);1-2H3. The Balaban J connectivity index is 0.00000145. The fourth-order valence-corrected chi connectivity index (χ4v) is 3.49. The van der Waals surface area contributed by atoms with Crippen molar-refractivity contribution in [2.75, 3.05) is 25.5 Å². The first-order chi connectivity index (χ1) is 14.0. The van der Waals surface area contributed by atoms with Crippen molar-refractivity contribution >= 4 is 29.3 Å². The number of hydrogen-bond donors (Lipinski definition) is 3. The Morgan fingerprint density at radius 2 is 1.76 bits per heavy atom. The normalized spacial score (nSPS) is 18.2. The molecule has 1 aromatic carbocycles. The largest absolute Gasteiger partial charge is 0.384 e. The number of fused-ring (bicyclic) bond motifs is 1. The lowest BCUT2D eigenvalue weighted by Gasteiger charge is -2.27.